The van der Waals surface area contributed by atoms with Crippen LogP contribution in [0.25, 0.3) is 93.0 Å². The van der Waals surface area contributed by atoms with E-state index in [0.29, 0.717) is 17.5 Å². The Morgan fingerprint density at radius 3 is 1.62 bits per heavy atom. The van der Waals surface area contributed by atoms with Gasteiger partial charge in [0.15, 0.2) is 17.5 Å². The third-order valence-electron chi connectivity index (χ3n) is 12.6. The van der Waals surface area contributed by atoms with Crippen LogP contribution in [0.5, 0.6) is 0 Å². The summed E-state index contributed by atoms with van der Waals surface area (Å²) in [6, 6.07) is 56.8. The molecule has 10 aromatic rings. The lowest BCUT2D eigenvalue weighted by Crippen LogP contribution is -2.33. The molecular formula is C53H42N4S. The van der Waals surface area contributed by atoms with E-state index in [1.807, 2.05) is 29.5 Å². The van der Waals surface area contributed by atoms with E-state index >= 15 is 0 Å². The minimum absolute atomic E-state index is 0.116. The van der Waals surface area contributed by atoms with Crippen molar-refractivity contribution in [3.05, 3.63) is 169 Å². The maximum Gasteiger partial charge on any atom is 0.164 e. The summed E-state index contributed by atoms with van der Waals surface area (Å²) in [7, 11) is 0. The minimum atomic E-state index is 0.116. The van der Waals surface area contributed by atoms with Gasteiger partial charge in [0.1, 0.15) is 0 Å². The average Bonchev–Trinajstić information content (AvgIpc) is 3.80. The molecular weight excluding hydrogens is 725 g/mol. The lowest BCUT2D eigenvalue weighted by Gasteiger charge is -2.42. The fourth-order valence-electron chi connectivity index (χ4n) is 9.13. The highest BCUT2D eigenvalue weighted by molar-refractivity contribution is 7.25. The monoisotopic (exact) mass is 766 g/mol. The van der Waals surface area contributed by atoms with Crippen molar-refractivity contribution >= 4 is 53.3 Å². The summed E-state index contributed by atoms with van der Waals surface area (Å²) in [4.78, 5) is 15.2. The summed E-state index contributed by atoms with van der Waals surface area (Å²) >= 11 is 1.85. The normalized spacial score (nSPS) is 14.7. The molecule has 11 rings (SSSR count). The predicted octanol–water partition coefficient (Wildman–Crippen LogP) is 14.4. The summed E-state index contributed by atoms with van der Waals surface area (Å²) in [5.74, 6) is 1.95. The number of thiophene rings is 1. The van der Waals surface area contributed by atoms with Gasteiger partial charge in [0.2, 0.25) is 0 Å². The molecule has 0 fully saturated rings. The summed E-state index contributed by atoms with van der Waals surface area (Å²) in [6.45, 7) is 9.62. The Bertz CT molecular complexity index is 3210. The highest BCUT2D eigenvalue weighted by atomic mass is 32.1. The van der Waals surface area contributed by atoms with Gasteiger partial charge in [0.25, 0.3) is 0 Å². The van der Waals surface area contributed by atoms with Crippen molar-refractivity contribution in [2.45, 2.75) is 51.4 Å². The predicted molar refractivity (Wildman–Crippen MR) is 244 cm³/mol. The molecule has 1 aliphatic rings. The topological polar surface area (TPSA) is 43.6 Å². The summed E-state index contributed by atoms with van der Waals surface area (Å²) in [5.41, 5.74) is 12.0. The molecule has 3 aromatic heterocycles. The molecule has 280 valence electrons. The Morgan fingerprint density at radius 2 is 0.931 bits per heavy atom. The zero-order valence-electron chi connectivity index (χ0n) is 33.1. The number of nitrogens with zero attached hydrogens (tertiary/aromatic N) is 4. The van der Waals surface area contributed by atoms with Crippen LogP contribution in [0.1, 0.15) is 51.7 Å². The molecule has 58 heavy (non-hydrogen) atoms. The third kappa shape index (κ3) is 5.67. The van der Waals surface area contributed by atoms with E-state index in [2.05, 4.69) is 172 Å². The van der Waals surface area contributed by atoms with E-state index in [0.717, 1.165) is 27.9 Å². The van der Waals surface area contributed by atoms with E-state index in [9.17, 15) is 0 Å². The zero-order valence-corrected chi connectivity index (χ0v) is 33.9. The second-order valence-electron chi connectivity index (χ2n) is 17.1. The number of para-hydroxylation sites is 1. The van der Waals surface area contributed by atoms with Crippen LogP contribution in [-0.4, -0.2) is 19.5 Å². The Morgan fingerprint density at radius 1 is 0.414 bits per heavy atom. The molecule has 0 N–H and O–H groups in total. The molecule has 4 nitrogen and oxygen atoms in total. The van der Waals surface area contributed by atoms with Crippen LogP contribution in [0.4, 0.5) is 0 Å². The quantitative estimate of drug-likeness (QED) is 0.175. The van der Waals surface area contributed by atoms with Crippen molar-refractivity contribution in [2.24, 2.45) is 0 Å². The fraction of sp³-hybridized carbons (Fsp3) is 0.151. The first-order valence-electron chi connectivity index (χ1n) is 20.2. The molecule has 0 amide bonds. The molecule has 0 spiro atoms. The maximum absolute atomic E-state index is 5.11. The van der Waals surface area contributed by atoms with Gasteiger partial charge in [0, 0.05) is 53.3 Å². The van der Waals surface area contributed by atoms with E-state index in [-0.39, 0.29) is 10.8 Å². The summed E-state index contributed by atoms with van der Waals surface area (Å²) in [5, 5.41) is 5.22. The first-order chi connectivity index (χ1) is 28.2. The smallest absolute Gasteiger partial charge is 0.164 e. The second-order valence-corrected chi connectivity index (χ2v) is 18.2. The van der Waals surface area contributed by atoms with Crippen molar-refractivity contribution < 1.29 is 0 Å². The molecule has 5 heteroatoms. The van der Waals surface area contributed by atoms with E-state index < -0.39 is 0 Å². The molecule has 0 saturated heterocycles. The zero-order chi connectivity index (χ0) is 39.2. The van der Waals surface area contributed by atoms with E-state index in [1.165, 1.54) is 71.5 Å². The first kappa shape index (κ1) is 34.8. The van der Waals surface area contributed by atoms with Crippen LogP contribution in [0.3, 0.4) is 0 Å². The van der Waals surface area contributed by atoms with Crippen molar-refractivity contribution in [1.82, 2.24) is 19.5 Å². The van der Waals surface area contributed by atoms with Crippen molar-refractivity contribution in [3.8, 4) is 51.0 Å². The number of hydrogen-bond donors (Lipinski definition) is 0. The van der Waals surface area contributed by atoms with Gasteiger partial charge in [0.05, 0.1) is 11.0 Å². The number of rotatable bonds is 5. The highest BCUT2D eigenvalue weighted by Crippen LogP contribution is 2.48. The molecule has 3 heterocycles. The first-order valence-corrected chi connectivity index (χ1v) is 21.0. The standard InChI is InChI=1S/C53H42N4S/c1-52(2)28-29-53(3,4)44-32-46-42(31-43(44)52)39-14-8-10-16-45(39)57(46)38-25-22-36(23-26-38)51-55-49(34-12-6-5-7-13-34)54-50(56-51)35-20-18-33(19-21-35)37-24-27-41-40-15-9-11-17-47(40)58-48(41)30-37/h5-27,30-32H,28-29H2,1-4H3. The second kappa shape index (κ2) is 13.1. The van der Waals surface area contributed by atoms with Gasteiger partial charge in [-0.05, 0) is 101 Å². The molecule has 0 bridgehead atoms. The molecule has 0 atom stereocenters. The number of fused-ring (bicyclic) bond motifs is 7. The SMILES string of the molecule is CC1(C)CCC(C)(C)c2cc3c(cc21)c1ccccc1n3-c1ccc(-c2nc(-c3ccccc3)nc(-c3ccc(-c4ccc5c(c4)sc4ccccc45)cc3)n2)cc1. The Labute approximate surface area is 342 Å². The Balaban J connectivity index is 0.988. The Hall–Kier alpha value is -6.43. The van der Waals surface area contributed by atoms with Crippen LogP contribution in [0.15, 0.2) is 158 Å². The lowest BCUT2D eigenvalue weighted by molar-refractivity contribution is 0.332. The maximum atomic E-state index is 5.11. The van der Waals surface area contributed by atoms with Crippen LogP contribution < -0.4 is 0 Å². The van der Waals surface area contributed by atoms with Crippen molar-refractivity contribution in [2.75, 3.05) is 0 Å². The fourth-order valence-corrected chi connectivity index (χ4v) is 10.3. The largest absolute Gasteiger partial charge is 0.309 e. The van der Waals surface area contributed by atoms with Crippen LogP contribution >= 0.6 is 11.3 Å². The van der Waals surface area contributed by atoms with Crippen molar-refractivity contribution in [1.29, 1.82) is 0 Å². The highest BCUT2D eigenvalue weighted by Gasteiger charge is 2.38. The van der Waals surface area contributed by atoms with Gasteiger partial charge in [-0.25, -0.2) is 15.0 Å². The lowest BCUT2D eigenvalue weighted by atomic mass is 9.63. The molecule has 1 aliphatic carbocycles. The van der Waals surface area contributed by atoms with Gasteiger partial charge in [-0.1, -0.05) is 131 Å². The number of benzene rings is 7. The van der Waals surface area contributed by atoms with Gasteiger partial charge < -0.3 is 4.57 Å². The van der Waals surface area contributed by atoms with Gasteiger partial charge in [-0.15, -0.1) is 11.3 Å². The number of aromatic nitrogens is 4. The minimum Gasteiger partial charge on any atom is -0.309 e. The third-order valence-corrected chi connectivity index (χ3v) is 13.7. The van der Waals surface area contributed by atoms with Crippen LogP contribution in [0, 0.1) is 0 Å². The van der Waals surface area contributed by atoms with Crippen molar-refractivity contribution in [3.63, 3.8) is 0 Å². The molecule has 0 saturated carbocycles. The van der Waals surface area contributed by atoms with E-state index in [1.54, 1.807) is 0 Å². The molecule has 0 aliphatic heterocycles. The van der Waals surface area contributed by atoms with Gasteiger partial charge in [-0.3, -0.25) is 0 Å². The van der Waals surface area contributed by atoms with Crippen LogP contribution in [-0.2, 0) is 10.8 Å². The van der Waals surface area contributed by atoms with Gasteiger partial charge in [-0.2, -0.15) is 0 Å². The molecule has 0 radical (unpaired) electrons. The van der Waals surface area contributed by atoms with Crippen LogP contribution in [0.2, 0.25) is 0 Å². The van der Waals surface area contributed by atoms with E-state index in [4.69, 9.17) is 15.0 Å². The summed E-state index contributed by atoms with van der Waals surface area (Å²) in [6.07, 6.45) is 2.37. The van der Waals surface area contributed by atoms with Gasteiger partial charge >= 0.3 is 0 Å². The molecule has 0 unspecified atom stereocenters. The molecule has 7 aromatic carbocycles. The average molecular weight is 767 g/mol. The number of hydrogen-bond acceptors (Lipinski definition) is 4. The summed E-state index contributed by atoms with van der Waals surface area (Å²) < 4.78 is 5.05. The Kier molecular flexibility index (Phi) is 7.83.